The summed E-state index contributed by atoms with van der Waals surface area (Å²) in [5, 5.41) is 5.88. The number of ether oxygens (including phenoxy) is 1. The molecule has 0 amide bonds. The van der Waals surface area contributed by atoms with Gasteiger partial charge < -0.3 is 10.1 Å². The maximum atomic E-state index is 6.03. The first-order chi connectivity index (χ1) is 9.34. The van der Waals surface area contributed by atoms with Crippen molar-refractivity contribution in [1.82, 2.24) is 5.32 Å². The molecule has 1 heterocycles. The maximum absolute atomic E-state index is 6.03. The van der Waals surface area contributed by atoms with Crippen LogP contribution in [0.1, 0.15) is 18.4 Å². The van der Waals surface area contributed by atoms with Gasteiger partial charge in [-0.3, -0.25) is 0 Å². The Labute approximate surface area is 134 Å². The summed E-state index contributed by atoms with van der Waals surface area (Å²) in [5.74, 6) is 0. The van der Waals surface area contributed by atoms with Gasteiger partial charge in [0.1, 0.15) is 0 Å². The third-order valence-electron chi connectivity index (χ3n) is 3.70. The lowest BCUT2D eigenvalue weighted by atomic mass is 10.1. The average Bonchev–Trinajstić information content (AvgIpc) is 2.48. The Kier molecular flexibility index (Phi) is 5.85. The van der Waals surface area contributed by atoms with Gasteiger partial charge >= 0.3 is 0 Å². The Hall–Kier alpha value is -0.610. The van der Waals surface area contributed by atoms with Crippen molar-refractivity contribution in [2.75, 3.05) is 13.1 Å². The van der Waals surface area contributed by atoms with Gasteiger partial charge in [-0.25, -0.2) is 0 Å². The standard InChI is InChI=1S/C16H18BrNO.ClH/c17-16-13(11-19-14-7-9-18-10-8-14)6-5-12-3-1-2-4-15(12)16;/h1-6,14,18H,7-11H2;1H. The molecule has 0 aliphatic carbocycles. The number of nitrogens with one attached hydrogen (secondary N) is 1. The molecule has 1 fully saturated rings. The number of benzene rings is 2. The van der Waals surface area contributed by atoms with E-state index >= 15 is 0 Å². The van der Waals surface area contributed by atoms with Crippen LogP contribution in [0.4, 0.5) is 0 Å². The van der Waals surface area contributed by atoms with Crippen LogP contribution in [0.25, 0.3) is 10.8 Å². The molecule has 3 rings (SSSR count). The maximum Gasteiger partial charge on any atom is 0.0731 e. The number of halogens is 2. The molecule has 0 spiro atoms. The van der Waals surface area contributed by atoms with Crippen molar-refractivity contribution in [3.63, 3.8) is 0 Å². The van der Waals surface area contributed by atoms with Crippen LogP contribution in [0.2, 0.25) is 0 Å². The SMILES string of the molecule is Brc1c(COC2CCNCC2)ccc2ccccc12.Cl. The lowest BCUT2D eigenvalue weighted by Crippen LogP contribution is -2.32. The van der Waals surface area contributed by atoms with Crippen molar-refractivity contribution in [2.24, 2.45) is 0 Å². The fraction of sp³-hybridized carbons (Fsp3) is 0.375. The molecule has 1 saturated heterocycles. The molecular formula is C16H19BrClNO. The normalized spacial score (nSPS) is 16.1. The van der Waals surface area contributed by atoms with E-state index in [4.69, 9.17) is 4.74 Å². The highest BCUT2D eigenvalue weighted by Gasteiger charge is 2.14. The molecule has 0 saturated carbocycles. The minimum absolute atomic E-state index is 0. The Morgan fingerprint density at radius 2 is 1.85 bits per heavy atom. The summed E-state index contributed by atoms with van der Waals surface area (Å²) in [4.78, 5) is 0. The average molecular weight is 357 g/mol. The number of hydrogen-bond acceptors (Lipinski definition) is 2. The number of hydrogen-bond donors (Lipinski definition) is 1. The topological polar surface area (TPSA) is 21.3 Å². The molecule has 4 heteroatoms. The number of fused-ring (bicyclic) bond motifs is 1. The van der Waals surface area contributed by atoms with Gasteiger partial charge in [-0.2, -0.15) is 0 Å². The first-order valence-electron chi connectivity index (χ1n) is 6.83. The molecule has 0 radical (unpaired) electrons. The van der Waals surface area contributed by atoms with Gasteiger partial charge in [-0.15, -0.1) is 12.4 Å². The van der Waals surface area contributed by atoms with Crippen LogP contribution in [0.15, 0.2) is 40.9 Å². The first-order valence-corrected chi connectivity index (χ1v) is 7.62. The van der Waals surface area contributed by atoms with Gasteiger partial charge in [-0.1, -0.05) is 36.4 Å². The predicted molar refractivity (Wildman–Crippen MR) is 89.6 cm³/mol. The van der Waals surface area contributed by atoms with Crippen LogP contribution in [0, 0.1) is 0 Å². The van der Waals surface area contributed by atoms with Crippen LogP contribution in [0.3, 0.4) is 0 Å². The fourth-order valence-electron chi connectivity index (χ4n) is 2.56. The zero-order valence-electron chi connectivity index (χ0n) is 11.3. The summed E-state index contributed by atoms with van der Waals surface area (Å²) >= 11 is 3.71. The number of rotatable bonds is 3. The molecule has 0 bridgehead atoms. The Morgan fingerprint density at radius 1 is 1.10 bits per heavy atom. The molecular weight excluding hydrogens is 338 g/mol. The van der Waals surface area contributed by atoms with E-state index in [9.17, 15) is 0 Å². The van der Waals surface area contributed by atoms with Gasteiger partial charge in [0.2, 0.25) is 0 Å². The van der Waals surface area contributed by atoms with E-state index in [1.165, 1.54) is 20.8 Å². The smallest absolute Gasteiger partial charge is 0.0731 e. The largest absolute Gasteiger partial charge is 0.373 e. The lowest BCUT2D eigenvalue weighted by molar-refractivity contribution is 0.0210. The summed E-state index contributed by atoms with van der Waals surface area (Å²) < 4.78 is 7.19. The summed E-state index contributed by atoms with van der Waals surface area (Å²) in [7, 11) is 0. The monoisotopic (exact) mass is 355 g/mol. The second kappa shape index (κ2) is 7.41. The van der Waals surface area contributed by atoms with Crippen LogP contribution in [-0.2, 0) is 11.3 Å². The molecule has 20 heavy (non-hydrogen) atoms. The van der Waals surface area contributed by atoms with Crippen LogP contribution < -0.4 is 5.32 Å². The van der Waals surface area contributed by atoms with Gasteiger partial charge in [0.05, 0.1) is 12.7 Å². The molecule has 2 aromatic carbocycles. The molecule has 1 aliphatic heterocycles. The van der Waals surface area contributed by atoms with Crippen LogP contribution >= 0.6 is 28.3 Å². The molecule has 2 nitrogen and oxygen atoms in total. The van der Waals surface area contributed by atoms with Gasteiger partial charge in [0.25, 0.3) is 0 Å². The van der Waals surface area contributed by atoms with E-state index in [1.807, 2.05) is 0 Å². The van der Waals surface area contributed by atoms with Crippen molar-refractivity contribution < 1.29 is 4.74 Å². The van der Waals surface area contributed by atoms with E-state index in [2.05, 4.69) is 57.6 Å². The summed E-state index contributed by atoms with van der Waals surface area (Å²) in [6, 6.07) is 12.8. The van der Waals surface area contributed by atoms with Gasteiger partial charge in [0.15, 0.2) is 0 Å². The zero-order chi connectivity index (χ0) is 13.1. The highest BCUT2D eigenvalue weighted by atomic mass is 79.9. The number of piperidine rings is 1. The summed E-state index contributed by atoms with van der Waals surface area (Å²) in [5.41, 5.74) is 1.23. The van der Waals surface area contributed by atoms with Crippen LogP contribution in [-0.4, -0.2) is 19.2 Å². The van der Waals surface area contributed by atoms with E-state index in [0.29, 0.717) is 12.7 Å². The molecule has 2 aromatic rings. The Bertz CT molecular complexity index is 569. The van der Waals surface area contributed by atoms with Crippen molar-refractivity contribution >= 4 is 39.1 Å². The van der Waals surface area contributed by atoms with Crippen molar-refractivity contribution in [3.8, 4) is 0 Å². The zero-order valence-corrected chi connectivity index (χ0v) is 13.7. The second-order valence-electron chi connectivity index (χ2n) is 5.02. The van der Waals surface area contributed by atoms with E-state index in [-0.39, 0.29) is 12.4 Å². The Morgan fingerprint density at radius 3 is 2.65 bits per heavy atom. The Balaban J connectivity index is 0.00000147. The van der Waals surface area contributed by atoms with Crippen LogP contribution in [0.5, 0.6) is 0 Å². The third kappa shape index (κ3) is 3.53. The molecule has 108 valence electrons. The lowest BCUT2D eigenvalue weighted by Gasteiger charge is -2.23. The minimum atomic E-state index is 0. The van der Waals surface area contributed by atoms with E-state index in [1.54, 1.807) is 0 Å². The minimum Gasteiger partial charge on any atom is -0.373 e. The highest BCUT2D eigenvalue weighted by Crippen LogP contribution is 2.28. The fourth-order valence-corrected chi connectivity index (χ4v) is 3.17. The molecule has 0 aromatic heterocycles. The quantitative estimate of drug-likeness (QED) is 0.885. The van der Waals surface area contributed by atoms with Gasteiger partial charge in [-0.05, 0) is 58.2 Å². The van der Waals surface area contributed by atoms with Crippen molar-refractivity contribution in [3.05, 3.63) is 46.4 Å². The summed E-state index contributed by atoms with van der Waals surface area (Å²) in [6.45, 7) is 2.84. The third-order valence-corrected chi connectivity index (χ3v) is 4.64. The second-order valence-corrected chi connectivity index (χ2v) is 5.81. The van der Waals surface area contributed by atoms with Crippen molar-refractivity contribution in [2.45, 2.75) is 25.6 Å². The molecule has 1 N–H and O–H groups in total. The van der Waals surface area contributed by atoms with E-state index < -0.39 is 0 Å². The van der Waals surface area contributed by atoms with E-state index in [0.717, 1.165) is 25.9 Å². The first kappa shape index (κ1) is 15.8. The summed E-state index contributed by atoms with van der Waals surface area (Å²) in [6.07, 6.45) is 2.63. The molecule has 0 atom stereocenters. The molecule has 1 aliphatic rings. The highest BCUT2D eigenvalue weighted by molar-refractivity contribution is 9.10. The van der Waals surface area contributed by atoms with Crippen molar-refractivity contribution in [1.29, 1.82) is 0 Å². The van der Waals surface area contributed by atoms with Gasteiger partial charge in [0, 0.05) is 4.47 Å². The molecule has 0 unspecified atom stereocenters. The predicted octanol–water partition coefficient (Wildman–Crippen LogP) is 4.29.